The van der Waals surface area contributed by atoms with Gasteiger partial charge in [-0.2, -0.15) is 0 Å². The molecule has 1 N–H and O–H groups in total. The van der Waals surface area contributed by atoms with E-state index in [0.29, 0.717) is 39.0 Å². The number of halogens is 2. The summed E-state index contributed by atoms with van der Waals surface area (Å²) in [6.07, 6.45) is 2.80. The van der Waals surface area contributed by atoms with Gasteiger partial charge >= 0.3 is 0 Å². The maximum Gasteiger partial charge on any atom is 0.281 e. The predicted octanol–water partition coefficient (Wildman–Crippen LogP) is 3.62. The molecule has 5 rings (SSSR count). The van der Waals surface area contributed by atoms with Crippen LogP contribution in [0.5, 0.6) is 0 Å². The molecule has 2 aliphatic rings. The summed E-state index contributed by atoms with van der Waals surface area (Å²) in [5.74, 6) is 0.442. The van der Waals surface area contributed by atoms with Gasteiger partial charge in [0.25, 0.3) is 5.56 Å². The zero-order chi connectivity index (χ0) is 19.6. The maximum absolute atomic E-state index is 15.2. The molecule has 1 unspecified atom stereocenters. The summed E-state index contributed by atoms with van der Waals surface area (Å²) >= 11 is 6.79. The highest BCUT2D eigenvalue weighted by Gasteiger charge is 2.33. The fourth-order valence-electron chi connectivity index (χ4n) is 4.44. The molecule has 148 valence electrons. The molecule has 1 saturated heterocycles. The minimum Gasteiger partial charge on any atom is -0.440 e. The van der Waals surface area contributed by atoms with Crippen molar-refractivity contribution in [2.75, 3.05) is 31.6 Å². The Morgan fingerprint density at radius 1 is 1.39 bits per heavy atom. The molecule has 28 heavy (non-hydrogen) atoms. The number of aryl methyl sites for hydroxylation is 1. The lowest BCUT2D eigenvalue weighted by atomic mass is 10.1. The molecule has 0 amide bonds. The molecule has 1 saturated carbocycles. The maximum atomic E-state index is 15.2. The number of fused-ring (bicyclic) bond motifs is 3. The molecule has 0 spiro atoms. The van der Waals surface area contributed by atoms with Gasteiger partial charge in [0, 0.05) is 31.4 Å². The minimum atomic E-state index is -0.390. The first-order valence-electron chi connectivity index (χ1n) is 9.72. The highest BCUT2D eigenvalue weighted by molar-refractivity contribution is 6.38. The van der Waals surface area contributed by atoms with Crippen LogP contribution >= 0.6 is 11.6 Å². The van der Waals surface area contributed by atoms with Crippen LogP contribution in [0.15, 0.2) is 15.3 Å². The van der Waals surface area contributed by atoms with Crippen LogP contribution in [0.1, 0.15) is 31.2 Å². The second-order valence-electron chi connectivity index (χ2n) is 7.89. The second kappa shape index (κ2) is 6.46. The van der Waals surface area contributed by atoms with Crippen LogP contribution in [-0.4, -0.2) is 36.2 Å². The number of pyridine rings is 1. The van der Waals surface area contributed by atoms with Crippen LogP contribution < -0.4 is 15.8 Å². The molecular formula is C20H22ClFN4O2. The summed E-state index contributed by atoms with van der Waals surface area (Å²) in [6, 6.07) is 1.54. The van der Waals surface area contributed by atoms with Crippen molar-refractivity contribution < 1.29 is 8.81 Å². The van der Waals surface area contributed by atoms with Gasteiger partial charge in [-0.25, -0.2) is 9.37 Å². The first kappa shape index (κ1) is 17.9. The van der Waals surface area contributed by atoms with Crippen LogP contribution in [0, 0.1) is 18.7 Å². The molecule has 2 aromatic heterocycles. The van der Waals surface area contributed by atoms with Crippen molar-refractivity contribution in [3.05, 3.63) is 33.2 Å². The van der Waals surface area contributed by atoms with Gasteiger partial charge in [-0.1, -0.05) is 11.6 Å². The van der Waals surface area contributed by atoms with Crippen LogP contribution in [0.3, 0.4) is 0 Å². The number of aromatic nitrogens is 2. The van der Waals surface area contributed by atoms with Crippen molar-refractivity contribution in [1.29, 1.82) is 0 Å². The summed E-state index contributed by atoms with van der Waals surface area (Å²) in [4.78, 5) is 19.3. The Kier molecular flexibility index (Phi) is 4.14. The van der Waals surface area contributed by atoms with Crippen molar-refractivity contribution in [3.63, 3.8) is 0 Å². The largest absolute Gasteiger partial charge is 0.440 e. The molecule has 1 aliphatic carbocycles. The molecule has 2 fully saturated rings. The van der Waals surface area contributed by atoms with Crippen molar-refractivity contribution >= 4 is 39.3 Å². The van der Waals surface area contributed by atoms with Crippen LogP contribution in [0.4, 0.5) is 10.1 Å². The quantitative estimate of drug-likeness (QED) is 0.719. The average Bonchev–Trinajstić information content (AvgIpc) is 3.25. The summed E-state index contributed by atoms with van der Waals surface area (Å²) in [6.45, 7) is 4.05. The summed E-state index contributed by atoms with van der Waals surface area (Å²) in [7, 11) is 1.92. The van der Waals surface area contributed by atoms with Gasteiger partial charge in [0.2, 0.25) is 0 Å². The molecule has 3 heterocycles. The van der Waals surface area contributed by atoms with E-state index in [1.54, 1.807) is 11.5 Å². The van der Waals surface area contributed by atoms with Crippen molar-refractivity contribution in [1.82, 2.24) is 14.9 Å². The Balaban J connectivity index is 1.78. The monoisotopic (exact) mass is 404 g/mol. The fourth-order valence-corrected chi connectivity index (χ4v) is 4.84. The molecule has 3 aromatic rings. The van der Waals surface area contributed by atoms with Gasteiger partial charge in [-0.05, 0) is 44.8 Å². The first-order chi connectivity index (χ1) is 13.5. The fraction of sp³-hybridized carbons (Fsp3) is 0.500. The summed E-state index contributed by atoms with van der Waals surface area (Å²) < 4.78 is 22.6. The summed E-state index contributed by atoms with van der Waals surface area (Å²) in [5.41, 5.74) is 1.30. The Bertz CT molecular complexity index is 1150. The van der Waals surface area contributed by atoms with E-state index in [-0.39, 0.29) is 22.9 Å². The zero-order valence-corrected chi connectivity index (χ0v) is 16.6. The third kappa shape index (κ3) is 2.63. The highest BCUT2D eigenvalue weighted by Crippen LogP contribution is 2.44. The normalized spacial score (nSPS) is 20.0. The average molecular weight is 405 g/mol. The van der Waals surface area contributed by atoms with Gasteiger partial charge in [0.15, 0.2) is 17.0 Å². The molecule has 8 heteroatoms. The Labute approximate surface area is 166 Å². The van der Waals surface area contributed by atoms with E-state index < -0.39 is 0 Å². The molecule has 0 radical (unpaired) electrons. The Hall–Kier alpha value is -2.12. The molecular weight excluding hydrogens is 383 g/mol. The van der Waals surface area contributed by atoms with Gasteiger partial charge in [0.05, 0.1) is 16.2 Å². The van der Waals surface area contributed by atoms with E-state index in [0.717, 1.165) is 38.9 Å². The molecule has 6 nitrogen and oxygen atoms in total. The molecule has 1 aliphatic heterocycles. The molecule has 0 bridgehead atoms. The van der Waals surface area contributed by atoms with Gasteiger partial charge in [-0.3, -0.25) is 4.79 Å². The van der Waals surface area contributed by atoms with E-state index in [2.05, 4.69) is 10.3 Å². The number of oxazole rings is 1. The topological polar surface area (TPSA) is 63.3 Å². The Morgan fingerprint density at radius 3 is 2.89 bits per heavy atom. The van der Waals surface area contributed by atoms with E-state index in [9.17, 15) is 4.79 Å². The zero-order valence-electron chi connectivity index (χ0n) is 15.9. The number of hydrogen-bond acceptors (Lipinski definition) is 5. The van der Waals surface area contributed by atoms with Gasteiger partial charge < -0.3 is 19.2 Å². The number of benzene rings is 1. The van der Waals surface area contributed by atoms with Gasteiger partial charge in [-0.15, -0.1) is 0 Å². The number of rotatable bonds is 4. The SMILES string of the molecule is CNCC1CCN(c2c(F)cc3c4oc(C)nc4c(=O)n(C4CC4)c3c2Cl)C1. The van der Waals surface area contributed by atoms with Crippen molar-refractivity contribution in [3.8, 4) is 0 Å². The van der Waals surface area contributed by atoms with Crippen LogP contribution in [0.25, 0.3) is 22.0 Å². The van der Waals surface area contributed by atoms with E-state index in [1.807, 2.05) is 11.9 Å². The lowest BCUT2D eigenvalue weighted by Gasteiger charge is -2.23. The molecule has 1 atom stereocenters. The summed E-state index contributed by atoms with van der Waals surface area (Å²) in [5, 5.41) is 3.99. The predicted molar refractivity (Wildman–Crippen MR) is 108 cm³/mol. The number of hydrogen-bond donors (Lipinski definition) is 1. The molecule has 1 aromatic carbocycles. The number of nitrogens with one attached hydrogen (secondary N) is 1. The number of nitrogens with zero attached hydrogens (tertiary/aromatic N) is 3. The lowest BCUT2D eigenvalue weighted by Crippen LogP contribution is -2.26. The third-order valence-corrected chi connectivity index (χ3v) is 6.17. The van der Waals surface area contributed by atoms with Crippen molar-refractivity contribution in [2.45, 2.75) is 32.2 Å². The van der Waals surface area contributed by atoms with Crippen LogP contribution in [-0.2, 0) is 0 Å². The van der Waals surface area contributed by atoms with E-state index >= 15 is 4.39 Å². The van der Waals surface area contributed by atoms with E-state index in [4.69, 9.17) is 16.0 Å². The van der Waals surface area contributed by atoms with E-state index in [1.165, 1.54) is 6.07 Å². The van der Waals surface area contributed by atoms with Gasteiger partial charge in [0.1, 0.15) is 5.82 Å². The third-order valence-electron chi connectivity index (χ3n) is 5.82. The smallest absolute Gasteiger partial charge is 0.281 e. The lowest BCUT2D eigenvalue weighted by molar-refractivity contribution is 0.548. The first-order valence-corrected chi connectivity index (χ1v) is 10.1. The highest BCUT2D eigenvalue weighted by atomic mass is 35.5. The second-order valence-corrected chi connectivity index (χ2v) is 8.27. The number of anilines is 1. The minimum absolute atomic E-state index is 0.0860. The Morgan fingerprint density at radius 2 is 2.18 bits per heavy atom. The standard InChI is InChI=1S/C20H22ClFN4O2/c1-10-24-16-19(28-10)13-7-14(22)18(25-6-5-11(9-25)8-23-2)15(21)17(13)26(20(16)27)12-3-4-12/h7,11-12,23H,3-6,8-9H2,1-2H3. The van der Waals surface area contributed by atoms with Crippen molar-refractivity contribution in [2.24, 2.45) is 5.92 Å². The van der Waals surface area contributed by atoms with Crippen LogP contribution in [0.2, 0.25) is 5.02 Å².